The maximum absolute atomic E-state index is 5.58. The van der Waals surface area contributed by atoms with Crippen LogP contribution in [0.1, 0.15) is 16.8 Å². The molecule has 0 bridgehead atoms. The summed E-state index contributed by atoms with van der Waals surface area (Å²) in [6.07, 6.45) is 0. The van der Waals surface area contributed by atoms with E-state index in [1.54, 1.807) is 0 Å². The second-order valence-corrected chi connectivity index (χ2v) is 7.80. The van der Waals surface area contributed by atoms with Gasteiger partial charge < -0.3 is 10.2 Å². The summed E-state index contributed by atoms with van der Waals surface area (Å²) < 4.78 is 1.13. The molecule has 0 unspecified atom stereocenters. The summed E-state index contributed by atoms with van der Waals surface area (Å²) in [4.78, 5) is 9.20. The van der Waals surface area contributed by atoms with Gasteiger partial charge in [0.25, 0.3) is 0 Å². The predicted molar refractivity (Wildman–Crippen MR) is 111 cm³/mol. The molecule has 0 amide bonds. The molecule has 132 valence electrons. The number of piperazine rings is 1. The highest BCUT2D eigenvalue weighted by Crippen LogP contribution is 2.15. The zero-order valence-electron chi connectivity index (χ0n) is 14.6. The lowest BCUT2D eigenvalue weighted by Crippen LogP contribution is -2.49. The number of anilines is 1. The predicted octanol–water partition coefficient (Wildman–Crippen LogP) is 3.98. The van der Waals surface area contributed by atoms with Gasteiger partial charge in [0.1, 0.15) is 5.82 Å². The first-order chi connectivity index (χ1) is 12.0. The zero-order chi connectivity index (χ0) is 17.8. The van der Waals surface area contributed by atoms with E-state index in [-0.39, 0.29) is 0 Å². The molecule has 0 aliphatic carbocycles. The third-order valence-corrected chi connectivity index (χ3v) is 5.14. The van der Waals surface area contributed by atoms with Crippen LogP contribution in [-0.2, 0) is 6.54 Å². The molecule has 2 aromatic rings. The van der Waals surface area contributed by atoms with Gasteiger partial charge in [-0.15, -0.1) is 0 Å². The number of hydrogen-bond acceptors (Lipinski definition) is 3. The van der Waals surface area contributed by atoms with Crippen LogP contribution in [0.4, 0.5) is 5.82 Å². The van der Waals surface area contributed by atoms with Gasteiger partial charge in [0.05, 0.1) is 0 Å². The van der Waals surface area contributed by atoms with Crippen LogP contribution in [0.25, 0.3) is 0 Å². The first kappa shape index (κ1) is 18.3. The normalized spacial score (nSPS) is 15.2. The van der Waals surface area contributed by atoms with Gasteiger partial charge in [-0.1, -0.05) is 28.1 Å². The lowest BCUT2D eigenvalue weighted by atomic mass is 10.2. The Kier molecular flexibility index (Phi) is 6.04. The summed E-state index contributed by atoms with van der Waals surface area (Å²) >= 11 is 9.12. The first-order valence-corrected chi connectivity index (χ1v) is 9.68. The molecular weight excluding hydrogens is 396 g/mol. The first-order valence-electron chi connectivity index (χ1n) is 8.47. The molecule has 0 radical (unpaired) electrons. The minimum atomic E-state index is 0.764. The van der Waals surface area contributed by atoms with Crippen LogP contribution in [0.2, 0.25) is 0 Å². The number of halogens is 1. The van der Waals surface area contributed by atoms with E-state index in [0.717, 1.165) is 53.8 Å². The molecule has 3 rings (SSSR count). The molecule has 1 saturated heterocycles. The number of hydrogen-bond donors (Lipinski definition) is 1. The topological polar surface area (TPSA) is 31.4 Å². The Bertz CT molecular complexity index is 737. The monoisotopic (exact) mass is 418 g/mol. The van der Waals surface area contributed by atoms with Gasteiger partial charge in [0.15, 0.2) is 5.11 Å². The zero-order valence-corrected chi connectivity index (χ0v) is 17.0. The lowest BCUT2D eigenvalue weighted by molar-refractivity contribution is 0.177. The highest BCUT2D eigenvalue weighted by atomic mass is 79.9. The molecule has 1 aromatic heterocycles. The van der Waals surface area contributed by atoms with Crippen molar-refractivity contribution >= 4 is 39.1 Å². The lowest BCUT2D eigenvalue weighted by Gasteiger charge is -2.36. The van der Waals surface area contributed by atoms with Crippen molar-refractivity contribution in [2.24, 2.45) is 0 Å². The second-order valence-electron chi connectivity index (χ2n) is 6.49. The maximum atomic E-state index is 5.58. The molecule has 1 fully saturated rings. The molecule has 1 aromatic carbocycles. The fourth-order valence-corrected chi connectivity index (χ4v) is 3.83. The Hall–Kier alpha value is -1.50. The largest absolute Gasteiger partial charge is 0.346 e. The highest BCUT2D eigenvalue weighted by Gasteiger charge is 2.19. The maximum Gasteiger partial charge on any atom is 0.174 e. The van der Waals surface area contributed by atoms with Crippen LogP contribution in [0.3, 0.4) is 0 Å². The number of rotatable bonds is 3. The smallest absolute Gasteiger partial charge is 0.174 e. The van der Waals surface area contributed by atoms with E-state index in [1.165, 1.54) is 11.1 Å². The van der Waals surface area contributed by atoms with Crippen molar-refractivity contribution in [3.63, 3.8) is 0 Å². The van der Waals surface area contributed by atoms with Crippen molar-refractivity contribution in [3.05, 3.63) is 57.7 Å². The molecule has 4 nitrogen and oxygen atoms in total. The quantitative estimate of drug-likeness (QED) is 0.761. The van der Waals surface area contributed by atoms with Gasteiger partial charge in [-0.05, 0) is 61.5 Å². The molecule has 0 saturated carbocycles. The average Bonchev–Trinajstić information content (AvgIpc) is 2.54. The number of aromatic nitrogens is 1. The van der Waals surface area contributed by atoms with Crippen molar-refractivity contribution in [2.75, 3.05) is 31.5 Å². The molecule has 25 heavy (non-hydrogen) atoms. The summed E-state index contributed by atoms with van der Waals surface area (Å²) in [6.45, 7) is 8.94. The number of aryl methyl sites for hydroxylation is 2. The van der Waals surface area contributed by atoms with Crippen molar-refractivity contribution in [1.82, 2.24) is 14.8 Å². The Morgan fingerprint density at radius 1 is 1.16 bits per heavy atom. The summed E-state index contributed by atoms with van der Waals surface area (Å²) in [5.74, 6) is 0.832. The Morgan fingerprint density at radius 2 is 1.92 bits per heavy atom. The second kappa shape index (κ2) is 8.25. The van der Waals surface area contributed by atoms with Gasteiger partial charge >= 0.3 is 0 Å². The standard InChI is InChI=1S/C19H23BrN4S/c1-14-10-15(2)21-18(11-14)22-19(25)24-8-6-23(7-9-24)13-16-4-3-5-17(20)12-16/h3-5,10-12H,6-9,13H2,1-2H3,(H,21,22,25). The van der Waals surface area contributed by atoms with Crippen LogP contribution in [0, 0.1) is 13.8 Å². The van der Waals surface area contributed by atoms with E-state index in [9.17, 15) is 0 Å². The Morgan fingerprint density at radius 3 is 2.60 bits per heavy atom. The molecule has 2 heterocycles. The average molecular weight is 419 g/mol. The summed E-state index contributed by atoms with van der Waals surface area (Å²) in [7, 11) is 0. The van der Waals surface area contributed by atoms with Crippen LogP contribution >= 0.6 is 28.1 Å². The molecule has 1 aliphatic heterocycles. The molecule has 1 aliphatic rings. The molecule has 0 atom stereocenters. The van der Waals surface area contributed by atoms with Gasteiger partial charge in [-0.3, -0.25) is 4.90 Å². The van der Waals surface area contributed by atoms with Gasteiger partial charge in [0.2, 0.25) is 0 Å². The van der Waals surface area contributed by atoms with Crippen LogP contribution in [0.5, 0.6) is 0 Å². The Labute approximate surface area is 163 Å². The van der Waals surface area contributed by atoms with E-state index >= 15 is 0 Å². The van der Waals surface area contributed by atoms with E-state index in [2.05, 4.69) is 73.3 Å². The van der Waals surface area contributed by atoms with E-state index in [0.29, 0.717) is 0 Å². The van der Waals surface area contributed by atoms with E-state index in [4.69, 9.17) is 12.2 Å². The summed E-state index contributed by atoms with van der Waals surface area (Å²) in [5.41, 5.74) is 3.53. The van der Waals surface area contributed by atoms with Crippen molar-refractivity contribution in [2.45, 2.75) is 20.4 Å². The molecular formula is C19H23BrN4S. The minimum absolute atomic E-state index is 0.764. The van der Waals surface area contributed by atoms with E-state index < -0.39 is 0 Å². The number of thiocarbonyl (C=S) groups is 1. The fourth-order valence-electron chi connectivity index (χ4n) is 3.10. The van der Waals surface area contributed by atoms with Crippen LogP contribution in [0.15, 0.2) is 40.9 Å². The molecule has 0 spiro atoms. The van der Waals surface area contributed by atoms with Gasteiger partial charge in [0, 0.05) is 42.9 Å². The van der Waals surface area contributed by atoms with Crippen molar-refractivity contribution in [3.8, 4) is 0 Å². The van der Waals surface area contributed by atoms with Crippen molar-refractivity contribution < 1.29 is 0 Å². The molecule has 6 heteroatoms. The van der Waals surface area contributed by atoms with Crippen LogP contribution in [-0.4, -0.2) is 46.1 Å². The van der Waals surface area contributed by atoms with Gasteiger partial charge in [-0.25, -0.2) is 4.98 Å². The SMILES string of the molecule is Cc1cc(C)nc(NC(=S)N2CCN(Cc3cccc(Br)c3)CC2)c1. The summed E-state index contributed by atoms with van der Waals surface area (Å²) in [5, 5.41) is 4.05. The molecule has 1 N–H and O–H groups in total. The highest BCUT2D eigenvalue weighted by molar-refractivity contribution is 9.10. The van der Waals surface area contributed by atoms with Crippen LogP contribution < -0.4 is 5.32 Å². The van der Waals surface area contributed by atoms with Gasteiger partial charge in [-0.2, -0.15) is 0 Å². The van der Waals surface area contributed by atoms with E-state index in [1.807, 2.05) is 13.0 Å². The number of nitrogens with zero attached hydrogens (tertiary/aromatic N) is 3. The number of pyridine rings is 1. The van der Waals surface area contributed by atoms with Crippen molar-refractivity contribution in [1.29, 1.82) is 0 Å². The third kappa shape index (κ3) is 5.23. The number of nitrogens with one attached hydrogen (secondary N) is 1. The minimum Gasteiger partial charge on any atom is -0.346 e. The fraction of sp³-hybridized carbons (Fsp3) is 0.368. The third-order valence-electron chi connectivity index (χ3n) is 4.29. The number of benzene rings is 1. The summed E-state index contributed by atoms with van der Waals surface area (Å²) in [6, 6.07) is 12.6. The Balaban J connectivity index is 1.52.